The summed E-state index contributed by atoms with van der Waals surface area (Å²) in [6.07, 6.45) is 1.68. The second-order valence-corrected chi connectivity index (χ2v) is 11.1. The van der Waals surface area contributed by atoms with Crippen LogP contribution < -0.4 is 14.2 Å². The standard InChI is InChI=1S/C30H23Br2NO5S/c1-36-24-16-21(26(31)27(32)28(24)38-18-19-8-3-2-4-9-19)17-25-29(34)33(30(35)39-25)14-15-37-23-13-7-11-20-10-5-6-12-22(20)23/h2-13,16-17H,14-15,18H2,1H3/b25-17-. The van der Waals surface area contributed by atoms with E-state index in [1.165, 1.54) is 4.90 Å². The molecule has 2 amide bonds. The van der Waals surface area contributed by atoms with Gasteiger partial charge in [0.25, 0.3) is 11.1 Å². The zero-order valence-corrected chi connectivity index (χ0v) is 24.8. The Morgan fingerprint density at radius 1 is 0.872 bits per heavy atom. The first-order valence-electron chi connectivity index (χ1n) is 12.0. The Bertz CT molecular complexity index is 1570. The quantitative estimate of drug-likeness (QED) is 0.168. The summed E-state index contributed by atoms with van der Waals surface area (Å²) in [4.78, 5) is 27.3. The summed E-state index contributed by atoms with van der Waals surface area (Å²) in [5.41, 5.74) is 1.69. The molecule has 1 heterocycles. The SMILES string of the molecule is COc1cc(/C=C2\SC(=O)N(CCOc3cccc4ccccc34)C2=O)c(Br)c(Br)c1OCc1ccccc1. The molecule has 9 heteroatoms. The number of carbonyl (C=O) groups excluding carboxylic acids is 2. The second-order valence-electron chi connectivity index (χ2n) is 8.56. The third kappa shape index (κ3) is 6.00. The van der Waals surface area contributed by atoms with Gasteiger partial charge in [0.15, 0.2) is 11.5 Å². The molecule has 0 N–H and O–H groups in total. The predicted octanol–water partition coefficient (Wildman–Crippen LogP) is 8.07. The summed E-state index contributed by atoms with van der Waals surface area (Å²) in [5, 5.41) is 1.71. The summed E-state index contributed by atoms with van der Waals surface area (Å²) in [6.45, 7) is 0.697. The number of hydrogen-bond donors (Lipinski definition) is 0. The third-order valence-corrected chi connectivity index (χ3v) is 9.13. The van der Waals surface area contributed by atoms with Crippen LogP contribution in [0.15, 0.2) is 92.7 Å². The maximum Gasteiger partial charge on any atom is 0.293 e. The number of nitrogens with zero attached hydrogens (tertiary/aromatic N) is 1. The minimum Gasteiger partial charge on any atom is -0.493 e. The van der Waals surface area contributed by atoms with Crippen LogP contribution in [0.25, 0.3) is 16.8 Å². The minimum absolute atomic E-state index is 0.145. The van der Waals surface area contributed by atoms with E-state index in [1.54, 1.807) is 19.3 Å². The molecular formula is C30H23Br2NO5S. The van der Waals surface area contributed by atoms with Crippen LogP contribution in [0.2, 0.25) is 0 Å². The lowest BCUT2D eigenvalue weighted by atomic mass is 10.1. The Labute approximate surface area is 247 Å². The van der Waals surface area contributed by atoms with Crippen LogP contribution in [0.4, 0.5) is 4.79 Å². The van der Waals surface area contributed by atoms with E-state index < -0.39 is 0 Å². The molecule has 4 aromatic rings. The number of hydrogen-bond acceptors (Lipinski definition) is 6. The summed E-state index contributed by atoms with van der Waals surface area (Å²) < 4.78 is 18.9. The Hall–Kier alpha value is -3.27. The molecule has 198 valence electrons. The smallest absolute Gasteiger partial charge is 0.293 e. The Balaban J connectivity index is 1.30. The molecule has 1 saturated heterocycles. The average molecular weight is 669 g/mol. The zero-order chi connectivity index (χ0) is 27.4. The van der Waals surface area contributed by atoms with Gasteiger partial charge in [-0.25, -0.2) is 0 Å². The molecule has 0 aliphatic carbocycles. The average Bonchev–Trinajstić information content (AvgIpc) is 3.22. The first-order chi connectivity index (χ1) is 19.0. The number of rotatable bonds is 9. The van der Waals surface area contributed by atoms with Crippen molar-refractivity contribution in [2.75, 3.05) is 20.3 Å². The highest BCUT2D eigenvalue weighted by molar-refractivity contribution is 9.13. The molecule has 1 fully saturated rings. The number of amides is 2. The van der Waals surface area contributed by atoms with Crippen molar-refractivity contribution in [1.29, 1.82) is 0 Å². The van der Waals surface area contributed by atoms with Crippen LogP contribution in [0.1, 0.15) is 11.1 Å². The number of imide groups is 1. The van der Waals surface area contributed by atoms with Crippen molar-refractivity contribution in [1.82, 2.24) is 4.90 Å². The van der Waals surface area contributed by atoms with E-state index in [9.17, 15) is 9.59 Å². The van der Waals surface area contributed by atoms with Crippen molar-refractivity contribution in [2.45, 2.75) is 6.61 Å². The van der Waals surface area contributed by atoms with Gasteiger partial charge in [-0.1, -0.05) is 66.7 Å². The maximum absolute atomic E-state index is 13.1. The van der Waals surface area contributed by atoms with E-state index in [-0.39, 0.29) is 24.3 Å². The molecule has 39 heavy (non-hydrogen) atoms. The van der Waals surface area contributed by atoms with Crippen molar-refractivity contribution in [3.8, 4) is 17.2 Å². The van der Waals surface area contributed by atoms with Crippen molar-refractivity contribution >= 4 is 71.6 Å². The zero-order valence-electron chi connectivity index (χ0n) is 20.9. The first-order valence-corrected chi connectivity index (χ1v) is 14.4. The predicted molar refractivity (Wildman–Crippen MR) is 161 cm³/mol. The van der Waals surface area contributed by atoms with Crippen molar-refractivity contribution in [3.63, 3.8) is 0 Å². The summed E-state index contributed by atoms with van der Waals surface area (Å²) in [7, 11) is 1.55. The largest absolute Gasteiger partial charge is 0.493 e. The fraction of sp³-hybridized carbons (Fsp3) is 0.133. The molecule has 5 rings (SSSR count). The van der Waals surface area contributed by atoms with Gasteiger partial charge in [-0.2, -0.15) is 0 Å². The highest BCUT2D eigenvalue weighted by Crippen LogP contribution is 2.45. The lowest BCUT2D eigenvalue weighted by molar-refractivity contribution is -0.123. The molecule has 0 spiro atoms. The Morgan fingerprint density at radius 3 is 2.41 bits per heavy atom. The lowest BCUT2D eigenvalue weighted by Gasteiger charge is -2.16. The van der Waals surface area contributed by atoms with Gasteiger partial charge in [-0.05, 0) is 78.3 Å². The van der Waals surface area contributed by atoms with E-state index in [0.29, 0.717) is 43.3 Å². The van der Waals surface area contributed by atoms with Crippen LogP contribution in [0, 0.1) is 0 Å². The number of ether oxygens (including phenoxy) is 3. The summed E-state index contributed by atoms with van der Waals surface area (Å²) in [5.74, 6) is 1.38. The highest BCUT2D eigenvalue weighted by Gasteiger charge is 2.35. The van der Waals surface area contributed by atoms with Crippen LogP contribution in [0.5, 0.6) is 17.2 Å². The van der Waals surface area contributed by atoms with Gasteiger partial charge in [0.2, 0.25) is 0 Å². The van der Waals surface area contributed by atoms with Gasteiger partial charge in [0.1, 0.15) is 19.0 Å². The van der Waals surface area contributed by atoms with E-state index in [1.807, 2.05) is 72.8 Å². The fourth-order valence-corrected chi connectivity index (χ4v) is 5.93. The van der Waals surface area contributed by atoms with Crippen molar-refractivity contribution < 1.29 is 23.8 Å². The number of methoxy groups -OCH3 is 1. The van der Waals surface area contributed by atoms with Gasteiger partial charge in [-0.3, -0.25) is 14.5 Å². The monoisotopic (exact) mass is 667 g/mol. The molecule has 4 aromatic carbocycles. The molecule has 1 aliphatic heterocycles. The van der Waals surface area contributed by atoms with Gasteiger partial charge >= 0.3 is 0 Å². The van der Waals surface area contributed by atoms with Gasteiger partial charge in [-0.15, -0.1) is 0 Å². The van der Waals surface area contributed by atoms with E-state index >= 15 is 0 Å². The van der Waals surface area contributed by atoms with Gasteiger partial charge < -0.3 is 14.2 Å². The van der Waals surface area contributed by atoms with Crippen molar-refractivity contribution in [3.05, 3.63) is 104 Å². The number of thioether (sulfide) groups is 1. The highest BCUT2D eigenvalue weighted by atomic mass is 79.9. The van der Waals surface area contributed by atoms with Crippen LogP contribution in [-0.4, -0.2) is 36.3 Å². The van der Waals surface area contributed by atoms with Gasteiger partial charge in [0, 0.05) is 9.86 Å². The molecule has 0 atom stereocenters. The second kappa shape index (κ2) is 12.3. The summed E-state index contributed by atoms with van der Waals surface area (Å²) in [6, 6.07) is 25.3. The Kier molecular flexibility index (Phi) is 8.60. The van der Waals surface area contributed by atoms with Gasteiger partial charge in [0.05, 0.1) is 23.0 Å². The number of fused-ring (bicyclic) bond motifs is 1. The number of halogens is 2. The topological polar surface area (TPSA) is 65.1 Å². The van der Waals surface area contributed by atoms with E-state index in [0.717, 1.165) is 28.1 Å². The molecule has 6 nitrogen and oxygen atoms in total. The molecular weight excluding hydrogens is 646 g/mol. The fourth-order valence-electron chi connectivity index (χ4n) is 4.13. The minimum atomic E-state index is -0.363. The number of benzene rings is 4. The Morgan fingerprint density at radius 2 is 1.62 bits per heavy atom. The molecule has 0 bridgehead atoms. The normalized spacial score (nSPS) is 14.3. The molecule has 0 radical (unpaired) electrons. The van der Waals surface area contributed by atoms with Crippen molar-refractivity contribution in [2.24, 2.45) is 0 Å². The maximum atomic E-state index is 13.1. The van der Waals surface area contributed by atoms with Crippen LogP contribution in [-0.2, 0) is 11.4 Å². The molecule has 1 aliphatic rings. The lowest BCUT2D eigenvalue weighted by Crippen LogP contribution is -2.32. The van der Waals surface area contributed by atoms with Crippen LogP contribution >= 0.6 is 43.6 Å². The molecule has 0 aromatic heterocycles. The third-order valence-electron chi connectivity index (χ3n) is 6.08. The van der Waals surface area contributed by atoms with Crippen LogP contribution in [0.3, 0.4) is 0 Å². The summed E-state index contributed by atoms with van der Waals surface area (Å²) >= 11 is 8.09. The molecule has 0 saturated carbocycles. The van der Waals surface area contributed by atoms with E-state index in [2.05, 4.69) is 31.9 Å². The number of carbonyl (C=O) groups is 2. The van der Waals surface area contributed by atoms with E-state index in [4.69, 9.17) is 14.2 Å². The molecule has 0 unspecified atom stereocenters. The first kappa shape index (κ1) is 27.3.